The molecule has 0 bridgehead atoms. The zero-order valence-electron chi connectivity index (χ0n) is 16.6. The fourth-order valence-corrected chi connectivity index (χ4v) is 4.55. The van der Waals surface area contributed by atoms with Crippen LogP contribution in [0.3, 0.4) is 0 Å². The molecule has 4 rings (SSSR count). The Bertz CT molecular complexity index is 827. The molecule has 2 fully saturated rings. The zero-order valence-corrected chi connectivity index (χ0v) is 16.6. The van der Waals surface area contributed by atoms with Crippen LogP contribution < -0.4 is 4.90 Å². The van der Waals surface area contributed by atoms with Crippen molar-refractivity contribution in [3.05, 3.63) is 18.6 Å². The fraction of sp³-hybridized carbons (Fsp3) is 0.650. The minimum Gasteiger partial charge on any atom is -0.444 e. The highest BCUT2D eigenvalue weighted by Gasteiger charge is 2.41. The van der Waals surface area contributed by atoms with Gasteiger partial charge in [-0.1, -0.05) is 0 Å². The van der Waals surface area contributed by atoms with Crippen molar-refractivity contribution in [2.45, 2.75) is 51.7 Å². The summed E-state index contributed by atoms with van der Waals surface area (Å²) in [6.07, 6.45) is 6.69. The molecule has 1 saturated heterocycles. The molecule has 1 amide bonds. The van der Waals surface area contributed by atoms with E-state index in [1.165, 1.54) is 0 Å². The van der Waals surface area contributed by atoms with E-state index in [1.807, 2.05) is 37.9 Å². The number of rotatable bonds is 2. The van der Waals surface area contributed by atoms with Crippen molar-refractivity contribution in [2.75, 3.05) is 25.0 Å². The summed E-state index contributed by atoms with van der Waals surface area (Å²) in [6.45, 7) is 7.38. The summed E-state index contributed by atoms with van der Waals surface area (Å²) in [6, 6.07) is 2.46. The highest BCUT2D eigenvalue weighted by molar-refractivity contribution is 5.87. The first-order valence-corrected chi connectivity index (χ1v) is 9.80. The average Bonchev–Trinajstić information content (AvgIpc) is 3.25. The maximum atomic E-state index is 12.4. The number of aromatic amines is 1. The van der Waals surface area contributed by atoms with Crippen molar-refractivity contribution >= 4 is 22.9 Å². The molecule has 0 radical (unpaired) electrons. The molecule has 146 valence electrons. The van der Waals surface area contributed by atoms with Gasteiger partial charge in [-0.2, -0.15) is 0 Å². The van der Waals surface area contributed by atoms with E-state index in [0.29, 0.717) is 17.9 Å². The van der Waals surface area contributed by atoms with Crippen molar-refractivity contribution in [3.8, 4) is 0 Å². The zero-order chi connectivity index (χ0) is 19.2. The standard InChI is InChI=1S/C20H29N5O2/c1-20(2,3)27-19(26)25-10-13-5-6-15(9-14(13)11-25)24(4)18-16-7-8-21-17(16)22-12-23-18/h7-8,12-15H,5-6,9-11H2,1-4H3,(H,21,22,23). The van der Waals surface area contributed by atoms with Gasteiger partial charge in [0.25, 0.3) is 0 Å². The van der Waals surface area contributed by atoms with Crippen LogP contribution in [0.5, 0.6) is 0 Å². The number of anilines is 1. The molecule has 3 heterocycles. The number of hydrogen-bond donors (Lipinski definition) is 1. The molecule has 7 heteroatoms. The van der Waals surface area contributed by atoms with Gasteiger partial charge in [0.15, 0.2) is 0 Å². The first-order chi connectivity index (χ1) is 12.8. The van der Waals surface area contributed by atoms with Gasteiger partial charge in [-0.25, -0.2) is 14.8 Å². The van der Waals surface area contributed by atoms with E-state index < -0.39 is 5.60 Å². The summed E-state index contributed by atoms with van der Waals surface area (Å²) < 4.78 is 5.57. The molecular weight excluding hydrogens is 342 g/mol. The lowest BCUT2D eigenvalue weighted by Crippen LogP contribution is -2.39. The van der Waals surface area contributed by atoms with Gasteiger partial charge >= 0.3 is 6.09 Å². The van der Waals surface area contributed by atoms with Crippen LogP contribution in [-0.2, 0) is 4.74 Å². The first-order valence-electron chi connectivity index (χ1n) is 9.80. The third-order valence-corrected chi connectivity index (χ3v) is 5.89. The van der Waals surface area contributed by atoms with Crippen LogP contribution in [0, 0.1) is 11.8 Å². The highest BCUT2D eigenvalue weighted by atomic mass is 16.6. The molecule has 1 aliphatic heterocycles. The number of aromatic nitrogens is 3. The summed E-state index contributed by atoms with van der Waals surface area (Å²) in [5.74, 6) is 2.09. The van der Waals surface area contributed by atoms with Crippen LogP contribution in [0.1, 0.15) is 40.0 Å². The Morgan fingerprint density at radius 1 is 1.26 bits per heavy atom. The molecule has 0 aromatic carbocycles. The maximum absolute atomic E-state index is 12.4. The second-order valence-corrected chi connectivity index (χ2v) is 8.92. The molecule has 0 spiro atoms. The summed E-state index contributed by atoms with van der Waals surface area (Å²) >= 11 is 0. The van der Waals surface area contributed by atoms with Crippen molar-refractivity contribution in [1.82, 2.24) is 19.9 Å². The summed E-state index contributed by atoms with van der Waals surface area (Å²) in [4.78, 5) is 28.6. The number of carbonyl (C=O) groups excluding carboxylic acids is 1. The highest BCUT2D eigenvalue weighted by Crippen LogP contribution is 2.39. The van der Waals surface area contributed by atoms with Crippen molar-refractivity contribution < 1.29 is 9.53 Å². The van der Waals surface area contributed by atoms with Crippen LogP contribution in [0.25, 0.3) is 11.0 Å². The lowest BCUT2D eigenvalue weighted by Gasteiger charge is -2.37. The molecule has 1 saturated carbocycles. The van der Waals surface area contributed by atoms with Gasteiger partial charge in [0, 0.05) is 32.4 Å². The Hall–Kier alpha value is -2.31. The van der Waals surface area contributed by atoms with Gasteiger partial charge in [0.05, 0.1) is 5.39 Å². The van der Waals surface area contributed by atoms with Gasteiger partial charge in [0.2, 0.25) is 0 Å². The SMILES string of the molecule is CN(c1ncnc2[nH]ccc12)C1CCC2CN(C(=O)OC(C)(C)C)CC2C1. The molecule has 7 nitrogen and oxygen atoms in total. The summed E-state index contributed by atoms with van der Waals surface area (Å²) in [5, 5.41) is 1.06. The van der Waals surface area contributed by atoms with E-state index in [1.54, 1.807) is 6.33 Å². The van der Waals surface area contributed by atoms with Gasteiger partial charge < -0.3 is 19.5 Å². The predicted octanol–water partition coefficient (Wildman–Crippen LogP) is 3.43. The van der Waals surface area contributed by atoms with E-state index in [0.717, 1.165) is 49.2 Å². The Morgan fingerprint density at radius 2 is 2.04 bits per heavy atom. The number of likely N-dealkylation sites (tertiary alicyclic amines) is 1. The van der Waals surface area contributed by atoms with E-state index >= 15 is 0 Å². The van der Waals surface area contributed by atoms with E-state index in [9.17, 15) is 4.79 Å². The Morgan fingerprint density at radius 3 is 2.81 bits per heavy atom. The van der Waals surface area contributed by atoms with E-state index in [-0.39, 0.29) is 6.09 Å². The first kappa shape index (κ1) is 18.1. The Balaban J connectivity index is 1.44. The molecule has 27 heavy (non-hydrogen) atoms. The predicted molar refractivity (Wildman–Crippen MR) is 105 cm³/mol. The largest absolute Gasteiger partial charge is 0.444 e. The lowest BCUT2D eigenvalue weighted by molar-refractivity contribution is 0.0284. The van der Waals surface area contributed by atoms with Gasteiger partial charge in [-0.05, 0) is 57.9 Å². The Kier molecular flexibility index (Phi) is 4.48. The smallest absolute Gasteiger partial charge is 0.410 e. The number of H-pyrrole nitrogens is 1. The number of fused-ring (bicyclic) bond motifs is 2. The maximum Gasteiger partial charge on any atom is 0.410 e. The van der Waals surface area contributed by atoms with Gasteiger partial charge in [0.1, 0.15) is 23.4 Å². The van der Waals surface area contributed by atoms with E-state index in [4.69, 9.17) is 4.74 Å². The topological polar surface area (TPSA) is 74.4 Å². The van der Waals surface area contributed by atoms with Crippen LogP contribution in [0.2, 0.25) is 0 Å². The Labute approximate surface area is 160 Å². The number of nitrogens with one attached hydrogen (secondary N) is 1. The normalized spacial score (nSPS) is 25.5. The molecular formula is C20H29N5O2. The fourth-order valence-electron chi connectivity index (χ4n) is 4.55. The lowest BCUT2D eigenvalue weighted by atomic mass is 9.78. The average molecular weight is 371 g/mol. The minimum atomic E-state index is -0.442. The van der Waals surface area contributed by atoms with E-state index in [2.05, 4.69) is 26.9 Å². The van der Waals surface area contributed by atoms with Crippen LogP contribution >= 0.6 is 0 Å². The molecule has 2 aromatic heterocycles. The molecule has 1 N–H and O–H groups in total. The van der Waals surface area contributed by atoms with Crippen molar-refractivity contribution in [2.24, 2.45) is 11.8 Å². The minimum absolute atomic E-state index is 0.174. The second kappa shape index (κ2) is 6.69. The van der Waals surface area contributed by atoms with Crippen LogP contribution in [-0.4, -0.2) is 57.7 Å². The third kappa shape index (κ3) is 3.59. The number of hydrogen-bond acceptors (Lipinski definition) is 5. The molecule has 2 aliphatic rings. The van der Waals surface area contributed by atoms with Gasteiger partial charge in [-0.15, -0.1) is 0 Å². The molecule has 3 unspecified atom stereocenters. The molecule has 3 atom stereocenters. The number of carbonyl (C=O) groups is 1. The third-order valence-electron chi connectivity index (χ3n) is 5.89. The number of amides is 1. The quantitative estimate of drug-likeness (QED) is 0.875. The summed E-state index contributed by atoms with van der Waals surface area (Å²) in [5.41, 5.74) is 0.431. The monoisotopic (exact) mass is 371 g/mol. The van der Waals surface area contributed by atoms with Gasteiger partial charge in [-0.3, -0.25) is 0 Å². The molecule has 2 aromatic rings. The van der Waals surface area contributed by atoms with Crippen molar-refractivity contribution in [1.29, 1.82) is 0 Å². The second-order valence-electron chi connectivity index (χ2n) is 8.92. The molecule has 1 aliphatic carbocycles. The number of nitrogens with zero attached hydrogens (tertiary/aromatic N) is 4. The van der Waals surface area contributed by atoms with Crippen molar-refractivity contribution in [3.63, 3.8) is 0 Å². The van der Waals surface area contributed by atoms with Crippen LogP contribution in [0.4, 0.5) is 10.6 Å². The summed E-state index contributed by atoms with van der Waals surface area (Å²) in [7, 11) is 2.13. The van der Waals surface area contributed by atoms with Crippen LogP contribution in [0.15, 0.2) is 18.6 Å². The number of ether oxygens (including phenoxy) is 1.